The van der Waals surface area contributed by atoms with Gasteiger partial charge in [0.05, 0.1) is 72.2 Å². The molecule has 0 aromatic carbocycles. The van der Waals surface area contributed by atoms with Gasteiger partial charge in [-0.3, -0.25) is 28.8 Å². The van der Waals surface area contributed by atoms with E-state index in [1.54, 1.807) is 82.4 Å². The van der Waals surface area contributed by atoms with Crippen molar-refractivity contribution in [2.24, 2.45) is 56.2 Å². The van der Waals surface area contributed by atoms with Gasteiger partial charge in [0.1, 0.15) is 70.2 Å². The first-order chi connectivity index (χ1) is 44.4. The molecular weight excluding hydrogens is 2780 g/mol. The number of hydrogen-bond donors (Lipinski definition) is 13. The van der Waals surface area contributed by atoms with Crippen LogP contribution in [0, 0.1) is 321 Å². The van der Waals surface area contributed by atoms with Crippen LogP contribution < -0.4 is 0 Å². The van der Waals surface area contributed by atoms with Crippen molar-refractivity contribution in [2.75, 3.05) is 31.0 Å². The number of fused-ring (bicyclic) bond motifs is 15. The Morgan fingerprint density at radius 2 is 0.767 bits per heavy atom. The minimum atomic E-state index is -1.95. The van der Waals surface area contributed by atoms with E-state index < -0.39 is 204 Å². The zero-order chi connectivity index (χ0) is 73.3. The number of halogens is 1. The third-order valence-corrected chi connectivity index (χ3v) is 27.9. The van der Waals surface area contributed by atoms with E-state index >= 15 is 0 Å². The van der Waals surface area contributed by atoms with Crippen molar-refractivity contribution in [3.05, 3.63) is 33.4 Å². The Morgan fingerprint density at radius 3 is 1.08 bits per heavy atom. The second-order valence-corrected chi connectivity index (χ2v) is 33.4. The molecule has 0 aromatic heterocycles. The molecule has 6 bridgehead atoms. The van der Waals surface area contributed by atoms with E-state index in [1.807, 2.05) is 4.93 Å². The van der Waals surface area contributed by atoms with E-state index in [1.165, 1.54) is 32.5 Å². The van der Waals surface area contributed by atoms with Crippen LogP contribution in [0.15, 0.2) is 33.4 Å². The van der Waals surface area contributed by atoms with Crippen LogP contribution in [-0.2, 0) is 57.2 Å². The number of aliphatic hydroxyl groups excluding tert-OH is 7. The van der Waals surface area contributed by atoms with E-state index in [9.17, 15) is 95.2 Å². The SMILES string of the molecule is CC(=O)O[C@H]1[C@@H]2[C@]3(O)CO[C@@H]3CC[C@@]2(C)C(=O)[C@H](O)C2=C(C)[C@@H](O)C[C@]1(O)C2(C)C.CC(=O)O[C@H]1[C@@H]2[C@]3(O)CO[C@@H]3C[C@H](O)[C@@]2(C)C(=O)[C@H](O)C2=C(C)[C@@H](O)C[C@]1(O)C2(C)C.CI.CSC(=S)[C@H]1C[C@H]2OC[C@@]2(O)[C@H]2[C@H](OC(C)=O)[C@]3(O)C[C@H](O)C(C)=C([C@@H](O)C(=O)[C@]12C)C3(C)C.[Ac].[Ac].[Ac].[Ac].[Ac].[Ac]. The Kier molecular flexibility index (Phi) is 36.0. The molecule has 9 fully saturated rings. The molecule has 6 radical (unpaired) electrons. The molecule has 9 aliphatic carbocycles. The summed E-state index contributed by atoms with van der Waals surface area (Å²) in [6.07, 6.45) is -13.7. The summed E-state index contributed by atoms with van der Waals surface area (Å²) in [5.74, 6) is -7.92. The Hall–Kier alpha value is 5.82. The predicted molar refractivity (Wildman–Crippen MR) is 359 cm³/mol. The summed E-state index contributed by atoms with van der Waals surface area (Å²) in [5.41, 5.74) is -16.9. The van der Waals surface area contributed by atoms with E-state index in [2.05, 4.69) is 22.6 Å². The second kappa shape index (κ2) is 36.0. The molecule has 6 saturated carbocycles. The largest absolute Gasteiger partial charge is 0.459 e. The van der Waals surface area contributed by atoms with Gasteiger partial charge in [0.15, 0.2) is 17.3 Å². The van der Waals surface area contributed by atoms with Crippen molar-refractivity contribution in [2.45, 2.75) is 262 Å². The molecule has 34 heteroatoms. The van der Waals surface area contributed by atoms with Gasteiger partial charge in [0.25, 0.3) is 0 Å². The zero-order valence-corrected chi connectivity index (χ0v) is 94.0. The van der Waals surface area contributed by atoms with Crippen molar-refractivity contribution in [1.82, 2.24) is 0 Å². The smallest absolute Gasteiger partial charge is 0.303 e. The maximum atomic E-state index is 14.3. The molecule has 12 aliphatic rings. The van der Waals surface area contributed by atoms with Crippen LogP contribution in [-0.4, -0.2) is 250 Å². The third-order valence-electron chi connectivity index (χ3n) is 26.5. The van der Waals surface area contributed by atoms with Gasteiger partial charge < -0.3 is 94.8 Å². The van der Waals surface area contributed by atoms with Gasteiger partial charge in [-0.1, -0.05) is 90.2 Å². The van der Waals surface area contributed by atoms with Crippen molar-refractivity contribution >= 4 is 86.0 Å². The molecule has 26 atom stereocenters. The van der Waals surface area contributed by atoms with Gasteiger partial charge in [-0.05, 0) is 91.6 Å². The van der Waals surface area contributed by atoms with Crippen LogP contribution in [0.5, 0.6) is 0 Å². The Balaban J connectivity index is 0.000000386. The monoisotopic (exact) mass is 2880 g/mol. The van der Waals surface area contributed by atoms with Crippen LogP contribution in [0.25, 0.3) is 0 Å². The summed E-state index contributed by atoms with van der Waals surface area (Å²) in [6, 6.07) is 0. The number of ether oxygens (including phenoxy) is 6. The van der Waals surface area contributed by atoms with Gasteiger partial charge in [0, 0.05) is 362 Å². The van der Waals surface area contributed by atoms with Crippen LogP contribution in [0.3, 0.4) is 0 Å². The number of aliphatic hydroxyl groups is 13. The van der Waals surface area contributed by atoms with Crippen LogP contribution in [0.2, 0.25) is 0 Å². The molecule has 13 N–H and O–H groups in total. The number of alkyl halides is 1. The average Bonchev–Trinajstić information content (AvgIpc) is 0.685. The van der Waals surface area contributed by atoms with Crippen molar-refractivity contribution in [3.8, 4) is 0 Å². The third kappa shape index (κ3) is 15.6. The van der Waals surface area contributed by atoms with Gasteiger partial charge in [-0.15, -0.1) is 11.8 Å². The topological polar surface area (TPSA) is 421 Å². The summed E-state index contributed by atoms with van der Waals surface area (Å²) in [6.45, 7) is 22.7. The molecule has 3 saturated heterocycles. The first kappa shape index (κ1) is 103. The van der Waals surface area contributed by atoms with E-state index in [0.29, 0.717) is 33.8 Å². The molecule has 3 aliphatic heterocycles. The summed E-state index contributed by atoms with van der Waals surface area (Å²) >= 11 is 9.10. The van der Waals surface area contributed by atoms with Crippen molar-refractivity contribution < 1.29 is 388 Å². The number of carbonyl (C=O) groups excluding carboxylic acids is 6. The van der Waals surface area contributed by atoms with Gasteiger partial charge in [-0.2, -0.15) is 0 Å². The number of rotatable bonds is 4. The standard InChI is InChI=1S/C24H34O8S2.C22H32O9.C22H32O8.CH3I.6Ac/c1-10-13(26)8-24(30)19(32-11(2)25)17-22(5,18(28)16(27)15(10)21(24,3)4)12(20(33)34-6)7-14-23(17,29)9-31-14;1-9-11(24)7-22(29)18(31-10(2)23)16-20(5,12(25)6-13-21(16,28)8-30-13)17(27)15(26)14(9)19(22,3)4;1-10-12(24)8-22(28)18(30-11(2)23)16-20(5,7-6-13-21(16,27)9-29-13)17(26)15(25)14(10)19(22,3)4;1-2;;;;;;/h12-14,16-17,19,26-27,29-30H,7-9H2,1-6H3;11-13,15-16,18,24-26,28-29H,6-8H2,1-5H3;12-13,15-16,18,24-25,27-28H,6-9H2,1-5H3;1H3;;;;;;/t12-,13+,14-,16-,17+,19+,22-,23+,24-;11-,12-,13+,15+,16-,18-,20+,21-,22+;12-,13+,15+,16-,18-,20+,21-,22+;;;;;;;/m100......./s1. The number of thiocarbonyl (C=S) groups is 1. The minimum absolute atomic E-state index is 0. The molecule has 3 heterocycles. The summed E-state index contributed by atoms with van der Waals surface area (Å²) in [4.78, 5) is 80.4. The number of hydrogen-bond acceptors (Lipinski definition) is 27. The number of ketones is 3. The fourth-order valence-corrected chi connectivity index (χ4v) is 21.6. The molecule has 564 valence electrons. The summed E-state index contributed by atoms with van der Waals surface area (Å²) in [5, 5.41) is 149. The molecule has 25 nitrogen and oxygen atoms in total. The Labute approximate surface area is 840 Å². The first-order valence-corrected chi connectivity index (χ1v) is 36.9. The minimum Gasteiger partial charge on any atom is -0.459 e. The van der Waals surface area contributed by atoms with E-state index in [4.69, 9.17) is 40.6 Å². The maximum absolute atomic E-state index is 14.3. The number of esters is 3. The maximum Gasteiger partial charge on any atom is 0.303 e. The van der Waals surface area contributed by atoms with E-state index in [-0.39, 0.29) is 333 Å². The average molecular weight is 2880 g/mol. The van der Waals surface area contributed by atoms with E-state index in [0.717, 1.165) is 6.92 Å². The predicted octanol–water partition coefficient (Wildman–Crippen LogP) is 1.68. The van der Waals surface area contributed by atoms with Crippen molar-refractivity contribution in [3.63, 3.8) is 0 Å². The molecule has 103 heavy (non-hydrogen) atoms. The second-order valence-electron chi connectivity index (χ2n) is 31.9. The molecule has 12 rings (SSSR count). The summed E-state index contributed by atoms with van der Waals surface area (Å²) in [7, 11) is 0. The fourth-order valence-electron chi connectivity index (χ4n) is 20.6. The zero-order valence-electron chi connectivity index (χ0n) is 61.8. The fraction of sp³-hybridized carbons (Fsp3) is 0.812. The number of Topliss-reactive ketones (excluding diaryl/α,β-unsaturated/α-hetero) is 3. The normalized spacial score (nSPS) is 45.7. The van der Waals surface area contributed by atoms with Gasteiger partial charge in [0.2, 0.25) is 0 Å². The Morgan fingerprint density at radius 1 is 0.476 bits per heavy atom. The molecule has 0 amide bonds. The number of carbonyl (C=O) groups is 6. The van der Waals surface area contributed by atoms with Gasteiger partial charge >= 0.3 is 17.9 Å². The van der Waals surface area contributed by atoms with Crippen LogP contribution in [0.1, 0.15) is 149 Å². The molecule has 0 spiro atoms. The number of thioether (sulfide) groups is 1. The molecule has 0 aromatic rings. The first-order valence-electron chi connectivity index (χ1n) is 33.1. The van der Waals surface area contributed by atoms with Crippen LogP contribution in [0.4, 0.5) is 0 Å². The molecule has 0 unspecified atom stereocenters. The molecular formula is C69H101Ac6IO25S2. The quantitative estimate of drug-likeness (QED) is 0.0475. The van der Waals surface area contributed by atoms with Crippen molar-refractivity contribution in [1.29, 1.82) is 0 Å². The Bertz CT molecular complexity index is 3400. The summed E-state index contributed by atoms with van der Waals surface area (Å²) < 4.78 is 34.3. The van der Waals surface area contributed by atoms with Gasteiger partial charge in [-0.25, -0.2) is 0 Å². The van der Waals surface area contributed by atoms with Crippen LogP contribution >= 0.6 is 46.6 Å².